The van der Waals surface area contributed by atoms with Crippen molar-refractivity contribution in [2.75, 3.05) is 32.4 Å². The summed E-state index contributed by atoms with van der Waals surface area (Å²) in [7, 11) is 1.60. The molecule has 18 heavy (non-hydrogen) atoms. The van der Waals surface area contributed by atoms with Gasteiger partial charge < -0.3 is 16.2 Å². The molecule has 4 N–H and O–H groups in total. The van der Waals surface area contributed by atoms with Crippen molar-refractivity contribution >= 4 is 11.6 Å². The summed E-state index contributed by atoms with van der Waals surface area (Å²) in [5.41, 5.74) is 7.07. The minimum Gasteiger partial charge on any atom is -0.399 e. The predicted molar refractivity (Wildman–Crippen MR) is 72.0 cm³/mol. The van der Waals surface area contributed by atoms with Gasteiger partial charge >= 0.3 is 0 Å². The first-order valence-electron chi connectivity index (χ1n) is 6.03. The molecule has 0 spiro atoms. The zero-order chi connectivity index (χ0) is 13.5. The fourth-order valence-electron chi connectivity index (χ4n) is 1.66. The standard InChI is InChI=1S/C13H21N3O2/c1-3-16(9-13(18)15-2)8-12(17)10-4-6-11(14)7-5-10/h4-7,12,17H,3,8-9,14H2,1-2H3,(H,15,18). The molecule has 0 aliphatic heterocycles. The Morgan fingerprint density at radius 3 is 2.56 bits per heavy atom. The van der Waals surface area contributed by atoms with Crippen LogP contribution in [-0.2, 0) is 4.79 Å². The Labute approximate surface area is 108 Å². The van der Waals surface area contributed by atoms with Crippen molar-refractivity contribution in [2.24, 2.45) is 0 Å². The SMILES string of the molecule is CCN(CC(=O)NC)CC(O)c1ccc(N)cc1. The molecule has 0 aliphatic carbocycles. The van der Waals surface area contributed by atoms with Gasteiger partial charge in [-0.3, -0.25) is 9.69 Å². The number of likely N-dealkylation sites (N-methyl/N-ethyl adjacent to an activating group) is 2. The smallest absolute Gasteiger partial charge is 0.233 e. The third kappa shape index (κ3) is 4.35. The van der Waals surface area contributed by atoms with Gasteiger partial charge in [0.05, 0.1) is 12.6 Å². The molecule has 0 bridgehead atoms. The highest BCUT2D eigenvalue weighted by atomic mass is 16.3. The highest BCUT2D eigenvalue weighted by molar-refractivity contribution is 5.77. The Morgan fingerprint density at radius 2 is 2.06 bits per heavy atom. The first kappa shape index (κ1) is 14.5. The molecular formula is C13H21N3O2. The number of aliphatic hydroxyl groups is 1. The van der Waals surface area contributed by atoms with Crippen LogP contribution in [0.5, 0.6) is 0 Å². The molecule has 0 fully saturated rings. The molecule has 5 nitrogen and oxygen atoms in total. The van der Waals surface area contributed by atoms with E-state index in [1.807, 2.05) is 11.8 Å². The van der Waals surface area contributed by atoms with Gasteiger partial charge in [-0.25, -0.2) is 0 Å². The Bertz CT molecular complexity index is 378. The van der Waals surface area contributed by atoms with Gasteiger partial charge in [-0.15, -0.1) is 0 Å². The molecule has 0 aromatic heterocycles. The monoisotopic (exact) mass is 251 g/mol. The molecule has 1 atom stereocenters. The van der Waals surface area contributed by atoms with Gasteiger partial charge in [0.15, 0.2) is 0 Å². The molecule has 0 aliphatic rings. The summed E-state index contributed by atoms with van der Waals surface area (Å²) < 4.78 is 0. The highest BCUT2D eigenvalue weighted by Gasteiger charge is 2.14. The van der Waals surface area contributed by atoms with Crippen molar-refractivity contribution in [3.05, 3.63) is 29.8 Å². The van der Waals surface area contributed by atoms with E-state index in [0.717, 1.165) is 5.56 Å². The number of benzene rings is 1. The lowest BCUT2D eigenvalue weighted by Crippen LogP contribution is -2.37. The molecule has 1 rings (SSSR count). The van der Waals surface area contributed by atoms with Gasteiger partial charge in [-0.2, -0.15) is 0 Å². The molecule has 1 unspecified atom stereocenters. The molecule has 0 saturated heterocycles. The lowest BCUT2D eigenvalue weighted by atomic mass is 10.1. The summed E-state index contributed by atoms with van der Waals surface area (Å²) in [6, 6.07) is 7.11. The van der Waals surface area contributed by atoms with E-state index in [1.165, 1.54) is 0 Å². The van der Waals surface area contributed by atoms with E-state index in [9.17, 15) is 9.90 Å². The Kier molecular flexibility index (Phi) is 5.61. The summed E-state index contributed by atoms with van der Waals surface area (Å²) in [4.78, 5) is 13.2. The van der Waals surface area contributed by atoms with Crippen LogP contribution < -0.4 is 11.1 Å². The number of nitrogen functional groups attached to an aromatic ring is 1. The van der Waals surface area contributed by atoms with Gasteiger partial charge in [-0.05, 0) is 24.2 Å². The molecule has 0 heterocycles. The topological polar surface area (TPSA) is 78.6 Å². The summed E-state index contributed by atoms with van der Waals surface area (Å²) in [5.74, 6) is -0.0543. The number of amides is 1. The highest BCUT2D eigenvalue weighted by Crippen LogP contribution is 2.15. The van der Waals surface area contributed by atoms with E-state index in [4.69, 9.17) is 5.73 Å². The van der Waals surface area contributed by atoms with Crippen molar-refractivity contribution in [2.45, 2.75) is 13.0 Å². The average molecular weight is 251 g/mol. The number of nitrogens with two attached hydrogens (primary N) is 1. The number of hydrogen-bond donors (Lipinski definition) is 3. The fraction of sp³-hybridized carbons (Fsp3) is 0.462. The Morgan fingerprint density at radius 1 is 1.44 bits per heavy atom. The Balaban J connectivity index is 2.58. The largest absolute Gasteiger partial charge is 0.399 e. The molecule has 5 heteroatoms. The second kappa shape index (κ2) is 6.98. The number of anilines is 1. The first-order valence-corrected chi connectivity index (χ1v) is 6.03. The minimum atomic E-state index is -0.616. The summed E-state index contributed by atoms with van der Waals surface area (Å²) >= 11 is 0. The minimum absolute atomic E-state index is 0.0543. The fourth-order valence-corrected chi connectivity index (χ4v) is 1.66. The van der Waals surface area contributed by atoms with Crippen molar-refractivity contribution in [1.82, 2.24) is 10.2 Å². The Hall–Kier alpha value is -1.59. The van der Waals surface area contributed by atoms with Crippen LogP contribution in [-0.4, -0.2) is 42.6 Å². The van der Waals surface area contributed by atoms with Crippen LogP contribution in [0.15, 0.2) is 24.3 Å². The molecule has 1 aromatic carbocycles. The molecule has 0 radical (unpaired) electrons. The third-order valence-corrected chi connectivity index (χ3v) is 2.85. The first-order chi connectivity index (χ1) is 8.56. The van der Waals surface area contributed by atoms with E-state index < -0.39 is 6.10 Å². The molecule has 1 aromatic rings. The van der Waals surface area contributed by atoms with E-state index in [2.05, 4.69) is 5.32 Å². The van der Waals surface area contributed by atoms with Gasteiger partial charge in [0.25, 0.3) is 0 Å². The van der Waals surface area contributed by atoms with Crippen LogP contribution in [0.25, 0.3) is 0 Å². The second-order valence-corrected chi connectivity index (χ2v) is 4.18. The van der Waals surface area contributed by atoms with Crippen molar-refractivity contribution in [1.29, 1.82) is 0 Å². The molecule has 1 amide bonds. The molecule has 100 valence electrons. The van der Waals surface area contributed by atoms with Crippen LogP contribution in [0.1, 0.15) is 18.6 Å². The van der Waals surface area contributed by atoms with E-state index in [0.29, 0.717) is 25.3 Å². The zero-order valence-electron chi connectivity index (χ0n) is 10.9. The molecule has 0 saturated carbocycles. The number of carbonyl (C=O) groups is 1. The van der Waals surface area contributed by atoms with E-state index >= 15 is 0 Å². The van der Waals surface area contributed by atoms with Crippen molar-refractivity contribution in [3.63, 3.8) is 0 Å². The van der Waals surface area contributed by atoms with E-state index in [1.54, 1.807) is 31.3 Å². The van der Waals surface area contributed by atoms with Gasteiger partial charge in [0.2, 0.25) is 5.91 Å². The second-order valence-electron chi connectivity index (χ2n) is 4.18. The number of nitrogens with zero attached hydrogens (tertiary/aromatic N) is 1. The maximum atomic E-state index is 11.3. The average Bonchev–Trinajstić information content (AvgIpc) is 2.38. The van der Waals surface area contributed by atoms with Crippen molar-refractivity contribution < 1.29 is 9.90 Å². The normalized spacial score (nSPS) is 12.4. The van der Waals surface area contributed by atoms with Crippen LogP contribution in [0.3, 0.4) is 0 Å². The zero-order valence-corrected chi connectivity index (χ0v) is 10.9. The lowest BCUT2D eigenvalue weighted by molar-refractivity contribution is -0.122. The third-order valence-electron chi connectivity index (χ3n) is 2.85. The van der Waals surface area contributed by atoms with E-state index in [-0.39, 0.29) is 5.91 Å². The quantitative estimate of drug-likeness (QED) is 0.638. The van der Waals surface area contributed by atoms with Gasteiger partial charge in [0.1, 0.15) is 0 Å². The number of carbonyl (C=O) groups excluding carboxylic acids is 1. The van der Waals surface area contributed by atoms with Gasteiger partial charge in [0, 0.05) is 19.3 Å². The van der Waals surface area contributed by atoms with Gasteiger partial charge in [-0.1, -0.05) is 19.1 Å². The maximum absolute atomic E-state index is 11.3. The summed E-state index contributed by atoms with van der Waals surface area (Å²) in [5, 5.41) is 12.7. The summed E-state index contributed by atoms with van der Waals surface area (Å²) in [6.07, 6.45) is -0.616. The summed E-state index contributed by atoms with van der Waals surface area (Å²) in [6.45, 7) is 3.38. The van der Waals surface area contributed by atoms with Crippen LogP contribution >= 0.6 is 0 Å². The van der Waals surface area contributed by atoms with Crippen LogP contribution in [0.2, 0.25) is 0 Å². The van der Waals surface area contributed by atoms with Crippen LogP contribution in [0.4, 0.5) is 5.69 Å². The number of rotatable bonds is 6. The number of hydrogen-bond acceptors (Lipinski definition) is 4. The number of nitrogens with one attached hydrogen (secondary N) is 1. The lowest BCUT2D eigenvalue weighted by Gasteiger charge is -2.23. The van der Waals surface area contributed by atoms with Crippen molar-refractivity contribution in [3.8, 4) is 0 Å². The maximum Gasteiger partial charge on any atom is 0.233 e. The molecular weight excluding hydrogens is 230 g/mol. The van der Waals surface area contributed by atoms with Crippen LogP contribution in [0, 0.1) is 0 Å². The number of aliphatic hydroxyl groups excluding tert-OH is 1. The predicted octanol–water partition coefficient (Wildman–Crippen LogP) is 0.370.